The van der Waals surface area contributed by atoms with Gasteiger partial charge in [0, 0.05) is 13.0 Å². The summed E-state index contributed by atoms with van der Waals surface area (Å²) in [5, 5.41) is 0.285. The smallest absolute Gasteiger partial charge is 0.245 e. The first-order chi connectivity index (χ1) is 13.0. The van der Waals surface area contributed by atoms with Crippen molar-refractivity contribution < 1.29 is 17.9 Å². The number of hydrogen-bond donors (Lipinski definition) is 0. The molecule has 0 aliphatic carbocycles. The lowest BCUT2D eigenvalue weighted by Gasteiger charge is -2.25. The van der Waals surface area contributed by atoms with Crippen LogP contribution in [0.5, 0.6) is 11.5 Å². The van der Waals surface area contributed by atoms with E-state index in [0.717, 1.165) is 24.8 Å². The molecule has 4 rings (SSSR count). The number of nitrogens with zero attached hydrogens (tertiary/aromatic N) is 1. The van der Waals surface area contributed by atoms with Crippen LogP contribution in [-0.2, 0) is 10.0 Å². The highest BCUT2D eigenvalue weighted by molar-refractivity contribution is 7.89. The van der Waals surface area contributed by atoms with Crippen LogP contribution in [0.15, 0.2) is 41.3 Å². The maximum absolute atomic E-state index is 13.3. The van der Waals surface area contributed by atoms with Crippen LogP contribution in [-0.4, -0.2) is 32.5 Å². The zero-order valence-corrected chi connectivity index (χ0v) is 16.9. The van der Waals surface area contributed by atoms with Gasteiger partial charge in [0.2, 0.25) is 10.0 Å². The number of halogens is 2. The minimum atomic E-state index is -3.77. The second-order valence-electron chi connectivity index (χ2n) is 6.58. The fourth-order valence-electron chi connectivity index (χ4n) is 3.56. The van der Waals surface area contributed by atoms with Crippen molar-refractivity contribution in [3.63, 3.8) is 0 Å². The van der Waals surface area contributed by atoms with Gasteiger partial charge in [-0.3, -0.25) is 0 Å². The first kappa shape index (κ1) is 18.9. The van der Waals surface area contributed by atoms with Crippen LogP contribution >= 0.6 is 23.2 Å². The van der Waals surface area contributed by atoms with Crippen molar-refractivity contribution in [3.8, 4) is 11.5 Å². The van der Waals surface area contributed by atoms with E-state index in [1.807, 2.05) is 18.2 Å². The summed E-state index contributed by atoms with van der Waals surface area (Å²) >= 11 is 12.2. The number of sulfonamides is 1. The summed E-state index contributed by atoms with van der Waals surface area (Å²) in [7, 11) is -3.77. The lowest BCUT2D eigenvalue weighted by Crippen LogP contribution is -2.31. The van der Waals surface area contributed by atoms with Gasteiger partial charge in [0.25, 0.3) is 0 Å². The normalized spacial score (nSPS) is 20.4. The number of ether oxygens (including phenoxy) is 2. The molecule has 0 saturated carbocycles. The Morgan fingerprint density at radius 3 is 2.59 bits per heavy atom. The summed E-state index contributed by atoms with van der Waals surface area (Å²) in [5.74, 6) is 1.36. The van der Waals surface area contributed by atoms with Crippen molar-refractivity contribution in [2.45, 2.75) is 30.2 Å². The Labute approximate surface area is 168 Å². The molecular weight excluding hydrogens is 409 g/mol. The SMILES string of the molecule is O=S(=O)(c1cccc(Cl)c1Cl)N1CCC[C@H]1c1ccc2c(c1)OCCCO2. The van der Waals surface area contributed by atoms with Crippen LogP contribution in [0.25, 0.3) is 0 Å². The molecule has 8 heteroatoms. The van der Waals surface area contributed by atoms with Crippen LogP contribution in [0.4, 0.5) is 0 Å². The predicted molar refractivity (Wildman–Crippen MR) is 104 cm³/mol. The number of rotatable bonds is 3. The quantitative estimate of drug-likeness (QED) is 0.713. The van der Waals surface area contributed by atoms with Gasteiger partial charge in [0.05, 0.1) is 29.3 Å². The van der Waals surface area contributed by atoms with E-state index in [1.54, 1.807) is 12.1 Å². The molecule has 2 aliphatic heterocycles. The largest absolute Gasteiger partial charge is 0.490 e. The third-order valence-electron chi connectivity index (χ3n) is 4.86. The lowest BCUT2D eigenvalue weighted by atomic mass is 10.0. The molecule has 5 nitrogen and oxygen atoms in total. The molecule has 27 heavy (non-hydrogen) atoms. The summed E-state index contributed by atoms with van der Waals surface area (Å²) in [6.45, 7) is 1.63. The van der Waals surface area contributed by atoms with E-state index in [9.17, 15) is 8.42 Å². The molecule has 2 aliphatic rings. The van der Waals surface area contributed by atoms with Gasteiger partial charge in [0.1, 0.15) is 4.90 Å². The maximum atomic E-state index is 13.3. The third kappa shape index (κ3) is 3.51. The molecule has 2 aromatic carbocycles. The van der Waals surface area contributed by atoms with Crippen LogP contribution < -0.4 is 9.47 Å². The third-order valence-corrected chi connectivity index (χ3v) is 7.74. The summed E-state index contributed by atoms with van der Waals surface area (Å²) in [6.07, 6.45) is 2.33. The molecule has 1 fully saturated rings. The molecule has 2 aromatic rings. The van der Waals surface area contributed by atoms with Crippen LogP contribution in [0, 0.1) is 0 Å². The maximum Gasteiger partial charge on any atom is 0.245 e. The van der Waals surface area contributed by atoms with Crippen LogP contribution in [0.1, 0.15) is 30.9 Å². The number of hydrogen-bond acceptors (Lipinski definition) is 4. The highest BCUT2D eigenvalue weighted by Gasteiger charge is 2.37. The van der Waals surface area contributed by atoms with Gasteiger partial charge < -0.3 is 9.47 Å². The van der Waals surface area contributed by atoms with Gasteiger partial charge in [-0.2, -0.15) is 4.31 Å². The molecule has 0 spiro atoms. The van der Waals surface area contributed by atoms with E-state index in [1.165, 1.54) is 10.4 Å². The van der Waals surface area contributed by atoms with Gasteiger partial charge in [-0.25, -0.2) is 8.42 Å². The molecule has 0 N–H and O–H groups in total. The summed E-state index contributed by atoms with van der Waals surface area (Å²) in [6, 6.07) is 10.0. The topological polar surface area (TPSA) is 55.8 Å². The van der Waals surface area contributed by atoms with E-state index in [-0.39, 0.29) is 21.0 Å². The lowest BCUT2D eigenvalue weighted by molar-refractivity contribution is 0.296. The Morgan fingerprint density at radius 1 is 1.00 bits per heavy atom. The van der Waals surface area contributed by atoms with Gasteiger partial charge in [-0.1, -0.05) is 35.3 Å². The van der Waals surface area contributed by atoms with Gasteiger partial charge in [-0.05, 0) is 42.7 Å². The van der Waals surface area contributed by atoms with E-state index in [4.69, 9.17) is 32.7 Å². The molecule has 0 aromatic heterocycles. The van der Waals surface area contributed by atoms with Gasteiger partial charge in [0.15, 0.2) is 11.5 Å². The first-order valence-electron chi connectivity index (χ1n) is 8.84. The summed E-state index contributed by atoms with van der Waals surface area (Å²) in [4.78, 5) is 0.0397. The van der Waals surface area contributed by atoms with Crippen molar-refractivity contribution in [1.82, 2.24) is 4.31 Å². The molecule has 144 valence electrons. The molecule has 1 saturated heterocycles. The molecule has 0 radical (unpaired) electrons. The predicted octanol–water partition coefficient (Wildman–Crippen LogP) is 4.68. The van der Waals surface area contributed by atoms with Crippen molar-refractivity contribution in [1.29, 1.82) is 0 Å². The highest BCUT2D eigenvalue weighted by Crippen LogP contribution is 2.42. The Balaban J connectivity index is 1.70. The average Bonchev–Trinajstić information content (AvgIpc) is 3.04. The zero-order chi connectivity index (χ0) is 19.0. The molecular formula is C19H19Cl2NO4S. The summed E-state index contributed by atoms with van der Waals surface area (Å²) in [5.41, 5.74) is 0.887. The minimum absolute atomic E-state index is 0.0397. The first-order valence-corrected chi connectivity index (χ1v) is 11.0. The molecule has 0 amide bonds. The fraction of sp³-hybridized carbons (Fsp3) is 0.368. The van der Waals surface area contributed by atoms with Gasteiger partial charge in [-0.15, -0.1) is 0 Å². The fourth-order valence-corrected chi connectivity index (χ4v) is 5.98. The van der Waals surface area contributed by atoms with Crippen molar-refractivity contribution in [2.24, 2.45) is 0 Å². The molecule has 0 bridgehead atoms. The van der Waals surface area contributed by atoms with E-state index in [0.29, 0.717) is 31.3 Å². The Kier molecular flexibility index (Phi) is 5.25. The minimum Gasteiger partial charge on any atom is -0.490 e. The van der Waals surface area contributed by atoms with Crippen molar-refractivity contribution in [2.75, 3.05) is 19.8 Å². The Morgan fingerprint density at radius 2 is 1.78 bits per heavy atom. The monoisotopic (exact) mass is 427 g/mol. The molecule has 1 atom stereocenters. The number of fused-ring (bicyclic) bond motifs is 1. The van der Waals surface area contributed by atoms with E-state index < -0.39 is 10.0 Å². The van der Waals surface area contributed by atoms with E-state index >= 15 is 0 Å². The van der Waals surface area contributed by atoms with Crippen molar-refractivity contribution >= 4 is 33.2 Å². The highest BCUT2D eigenvalue weighted by atomic mass is 35.5. The van der Waals surface area contributed by atoms with Gasteiger partial charge >= 0.3 is 0 Å². The average molecular weight is 428 g/mol. The number of benzene rings is 2. The second kappa shape index (κ2) is 7.51. The van der Waals surface area contributed by atoms with Crippen LogP contribution in [0.3, 0.4) is 0 Å². The standard InChI is InChI=1S/C19H19Cl2NO4S/c20-14-4-1-6-18(19(14)21)27(23,24)22-9-2-5-15(22)13-7-8-16-17(12-13)26-11-3-10-25-16/h1,4,6-8,12,15H,2-3,5,9-11H2/t15-/m0/s1. The summed E-state index contributed by atoms with van der Waals surface area (Å²) < 4.78 is 39.5. The second-order valence-corrected chi connectivity index (χ2v) is 9.23. The Hall–Kier alpha value is -1.47. The Bertz CT molecular complexity index is 964. The molecule has 2 heterocycles. The van der Waals surface area contributed by atoms with Crippen molar-refractivity contribution in [3.05, 3.63) is 52.0 Å². The van der Waals surface area contributed by atoms with E-state index in [2.05, 4.69) is 0 Å². The zero-order valence-electron chi connectivity index (χ0n) is 14.5. The van der Waals surface area contributed by atoms with Crippen LogP contribution in [0.2, 0.25) is 10.0 Å². The molecule has 0 unspecified atom stereocenters.